The van der Waals surface area contributed by atoms with Crippen LogP contribution in [0.1, 0.15) is 31.7 Å². The lowest BCUT2D eigenvalue weighted by Gasteiger charge is -2.32. The molecule has 0 aromatic heterocycles. The maximum absolute atomic E-state index is 5.14. The minimum Gasteiger partial charge on any atom is -0.383 e. The molecule has 0 bridgehead atoms. The monoisotopic (exact) mass is 305 g/mol. The molecule has 1 N–H and O–H groups in total. The van der Waals surface area contributed by atoms with Gasteiger partial charge in [0.25, 0.3) is 0 Å². The van der Waals surface area contributed by atoms with Gasteiger partial charge in [0.05, 0.1) is 6.61 Å². The lowest BCUT2D eigenvalue weighted by molar-refractivity contribution is 0.183. The van der Waals surface area contributed by atoms with Crippen LogP contribution >= 0.6 is 11.8 Å². The highest BCUT2D eigenvalue weighted by Gasteiger charge is 2.43. The van der Waals surface area contributed by atoms with E-state index in [2.05, 4.69) is 48.3 Å². The number of methoxy groups -OCH3 is 1. The molecule has 0 radical (unpaired) electrons. The highest BCUT2D eigenvalue weighted by atomic mass is 32.2. The molecule has 2 atom stereocenters. The number of benzene rings is 1. The first kappa shape index (κ1) is 15.4. The third kappa shape index (κ3) is 3.82. The standard InChI is InChI=1S/C18H27NOS/c1-18(15-7-8-15,13-19-9-10-20-2)12-16-11-14-5-3-4-6-17(14)21-16/h3-6,15-16,19H,7-13H2,1-2H3. The third-order valence-electron chi connectivity index (χ3n) is 4.98. The molecule has 1 aliphatic carbocycles. The first-order valence-electron chi connectivity index (χ1n) is 8.15. The Morgan fingerprint density at radius 3 is 2.86 bits per heavy atom. The molecule has 1 saturated carbocycles. The Morgan fingerprint density at radius 2 is 2.14 bits per heavy atom. The van der Waals surface area contributed by atoms with E-state index in [1.54, 1.807) is 12.7 Å². The molecule has 116 valence electrons. The van der Waals surface area contributed by atoms with E-state index in [0.29, 0.717) is 5.41 Å². The average molecular weight is 305 g/mol. The van der Waals surface area contributed by atoms with Gasteiger partial charge >= 0.3 is 0 Å². The van der Waals surface area contributed by atoms with Gasteiger partial charge in [-0.15, -0.1) is 11.8 Å². The quantitative estimate of drug-likeness (QED) is 0.739. The van der Waals surface area contributed by atoms with E-state index >= 15 is 0 Å². The van der Waals surface area contributed by atoms with Crippen LogP contribution in [0.25, 0.3) is 0 Å². The number of hydrogen-bond donors (Lipinski definition) is 1. The molecule has 1 fully saturated rings. The fourth-order valence-electron chi connectivity index (χ4n) is 3.60. The molecule has 2 unspecified atom stereocenters. The van der Waals surface area contributed by atoms with E-state index in [0.717, 1.165) is 30.9 Å². The Hall–Kier alpha value is -0.510. The summed E-state index contributed by atoms with van der Waals surface area (Å²) in [5.74, 6) is 0.928. The van der Waals surface area contributed by atoms with Gasteiger partial charge < -0.3 is 10.1 Å². The number of rotatable bonds is 8. The third-order valence-corrected chi connectivity index (χ3v) is 6.30. The van der Waals surface area contributed by atoms with Gasteiger partial charge in [-0.2, -0.15) is 0 Å². The largest absolute Gasteiger partial charge is 0.383 e. The second-order valence-corrected chi connectivity index (χ2v) is 8.20. The van der Waals surface area contributed by atoms with Crippen molar-refractivity contribution >= 4 is 11.8 Å². The van der Waals surface area contributed by atoms with Crippen LogP contribution in [0, 0.1) is 11.3 Å². The summed E-state index contributed by atoms with van der Waals surface area (Å²) in [5, 5.41) is 4.37. The second-order valence-electron chi connectivity index (χ2n) is 6.85. The summed E-state index contributed by atoms with van der Waals surface area (Å²) in [5.41, 5.74) is 2.01. The lowest BCUT2D eigenvalue weighted by Crippen LogP contribution is -2.37. The van der Waals surface area contributed by atoms with Gasteiger partial charge in [-0.05, 0) is 48.6 Å². The van der Waals surface area contributed by atoms with E-state index in [1.165, 1.54) is 30.6 Å². The minimum atomic E-state index is 0.452. The van der Waals surface area contributed by atoms with E-state index in [-0.39, 0.29) is 0 Å². The Kier molecular flexibility index (Phi) is 4.92. The smallest absolute Gasteiger partial charge is 0.0587 e. The summed E-state index contributed by atoms with van der Waals surface area (Å²) in [6.07, 6.45) is 5.43. The first-order valence-corrected chi connectivity index (χ1v) is 9.03. The van der Waals surface area contributed by atoms with Crippen molar-refractivity contribution in [2.45, 2.75) is 42.8 Å². The second kappa shape index (κ2) is 6.72. The Bertz CT molecular complexity index is 449. The van der Waals surface area contributed by atoms with E-state index in [9.17, 15) is 0 Å². The van der Waals surface area contributed by atoms with Crippen LogP contribution in [-0.4, -0.2) is 32.1 Å². The Balaban J connectivity index is 1.56. The summed E-state index contributed by atoms with van der Waals surface area (Å²) in [4.78, 5) is 1.51. The topological polar surface area (TPSA) is 21.3 Å². The van der Waals surface area contributed by atoms with Gasteiger partial charge in [-0.25, -0.2) is 0 Å². The summed E-state index contributed by atoms with van der Waals surface area (Å²) < 4.78 is 5.14. The van der Waals surface area contributed by atoms with Crippen LogP contribution in [0.2, 0.25) is 0 Å². The van der Waals surface area contributed by atoms with Gasteiger partial charge in [-0.3, -0.25) is 0 Å². The van der Waals surface area contributed by atoms with E-state index < -0.39 is 0 Å². The summed E-state index contributed by atoms with van der Waals surface area (Å²) in [6, 6.07) is 8.92. The van der Waals surface area contributed by atoms with Crippen LogP contribution in [0.5, 0.6) is 0 Å². The number of thioether (sulfide) groups is 1. The molecule has 0 saturated heterocycles. The maximum atomic E-state index is 5.14. The van der Waals surface area contributed by atoms with Gasteiger partial charge in [0.2, 0.25) is 0 Å². The molecule has 3 rings (SSSR count). The van der Waals surface area contributed by atoms with Crippen LogP contribution in [0.4, 0.5) is 0 Å². The van der Waals surface area contributed by atoms with Crippen molar-refractivity contribution < 1.29 is 4.74 Å². The van der Waals surface area contributed by atoms with Crippen molar-refractivity contribution in [2.24, 2.45) is 11.3 Å². The van der Waals surface area contributed by atoms with Crippen LogP contribution in [-0.2, 0) is 11.2 Å². The normalized spacial score (nSPS) is 23.8. The van der Waals surface area contributed by atoms with Gasteiger partial charge in [-0.1, -0.05) is 25.1 Å². The molecule has 1 aromatic rings. The number of hydrogen-bond acceptors (Lipinski definition) is 3. The lowest BCUT2D eigenvalue weighted by atomic mass is 9.79. The minimum absolute atomic E-state index is 0.452. The zero-order valence-corrected chi connectivity index (χ0v) is 14.0. The molecule has 3 heteroatoms. The molecular formula is C18H27NOS. The van der Waals surface area contributed by atoms with Crippen LogP contribution in [0.15, 0.2) is 29.2 Å². The molecule has 0 amide bonds. The number of nitrogens with one attached hydrogen (secondary N) is 1. The molecule has 1 heterocycles. The van der Waals surface area contributed by atoms with Crippen LogP contribution in [0.3, 0.4) is 0 Å². The molecule has 21 heavy (non-hydrogen) atoms. The van der Waals surface area contributed by atoms with Gasteiger partial charge in [0, 0.05) is 30.3 Å². The summed E-state index contributed by atoms with van der Waals surface area (Å²) in [7, 11) is 1.77. The van der Waals surface area contributed by atoms with Crippen molar-refractivity contribution in [3.63, 3.8) is 0 Å². The predicted octanol–water partition coefficient (Wildman–Crippen LogP) is 3.75. The van der Waals surface area contributed by atoms with Crippen molar-refractivity contribution in [1.29, 1.82) is 0 Å². The highest BCUT2D eigenvalue weighted by molar-refractivity contribution is 8.00. The Labute approximate surface area is 133 Å². The number of ether oxygens (including phenoxy) is 1. The number of fused-ring (bicyclic) bond motifs is 1. The van der Waals surface area contributed by atoms with E-state index in [4.69, 9.17) is 4.74 Å². The molecule has 0 spiro atoms. The van der Waals surface area contributed by atoms with Crippen molar-refractivity contribution in [3.05, 3.63) is 29.8 Å². The zero-order chi connectivity index (χ0) is 14.7. The van der Waals surface area contributed by atoms with Crippen molar-refractivity contribution in [3.8, 4) is 0 Å². The molecular weight excluding hydrogens is 278 g/mol. The van der Waals surface area contributed by atoms with E-state index in [1.807, 2.05) is 0 Å². The molecule has 1 aliphatic heterocycles. The SMILES string of the molecule is COCCNCC(C)(CC1Cc2ccccc2S1)C1CC1. The summed E-state index contributed by atoms with van der Waals surface area (Å²) in [6.45, 7) is 5.41. The molecule has 2 nitrogen and oxygen atoms in total. The van der Waals surface area contributed by atoms with Crippen molar-refractivity contribution in [1.82, 2.24) is 5.32 Å². The zero-order valence-electron chi connectivity index (χ0n) is 13.2. The Morgan fingerprint density at radius 1 is 1.33 bits per heavy atom. The fourth-order valence-corrected chi connectivity index (χ4v) is 5.15. The van der Waals surface area contributed by atoms with Crippen LogP contribution < -0.4 is 5.32 Å². The average Bonchev–Trinajstić information content (AvgIpc) is 3.25. The highest BCUT2D eigenvalue weighted by Crippen LogP contribution is 2.51. The molecule has 2 aliphatic rings. The molecule has 1 aromatic carbocycles. The predicted molar refractivity (Wildman–Crippen MR) is 90.0 cm³/mol. The van der Waals surface area contributed by atoms with Gasteiger partial charge in [0.1, 0.15) is 0 Å². The summed E-state index contributed by atoms with van der Waals surface area (Å²) >= 11 is 2.10. The first-order chi connectivity index (χ1) is 10.2. The van der Waals surface area contributed by atoms with Crippen molar-refractivity contribution in [2.75, 3.05) is 26.8 Å². The van der Waals surface area contributed by atoms with Gasteiger partial charge in [0.15, 0.2) is 0 Å². The fraction of sp³-hybridized carbons (Fsp3) is 0.667. The maximum Gasteiger partial charge on any atom is 0.0587 e.